The SMILES string of the molecule is COc1cc(N)ccc1Oc1ncccc1C(F)(F)F. The molecule has 7 heteroatoms. The van der Waals surface area contributed by atoms with Gasteiger partial charge in [-0.05, 0) is 24.3 Å². The first-order valence-corrected chi connectivity index (χ1v) is 5.55. The number of aromatic nitrogens is 1. The Kier molecular flexibility index (Phi) is 3.69. The molecular weight excluding hydrogens is 273 g/mol. The van der Waals surface area contributed by atoms with E-state index < -0.39 is 17.6 Å². The first-order chi connectivity index (χ1) is 9.41. The zero-order valence-corrected chi connectivity index (χ0v) is 10.4. The summed E-state index contributed by atoms with van der Waals surface area (Å²) in [6, 6.07) is 6.45. The summed E-state index contributed by atoms with van der Waals surface area (Å²) in [7, 11) is 1.37. The fourth-order valence-electron chi connectivity index (χ4n) is 1.56. The van der Waals surface area contributed by atoms with Crippen molar-refractivity contribution in [1.82, 2.24) is 4.98 Å². The summed E-state index contributed by atoms with van der Waals surface area (Å²) in [6.45, 7) is 0. The van der Waals surface area contributed by atoms with Crippen LogP contribution >= 0.6 is 0 Å². The van der Waals surface area contributed by atoms with E-state index in [0.29, 0.717) is 5.69 Å². The van der Waals surface area contributed by atoms with Gasteiger partial charge in [0.15, 0.2) is 11.5 Å². The third kappa shape index (κ3) is 2.93. The summed E-state index contributed by atoms with van der Waals surface area (Å²) in [5.41, 5.74) is 5.01. The predicted octanol–water partition coefficient (Wildman–Crippen LogP) is 3.48. The van der Waals surface area contributed by atoms with Gasteiger partial charge in [-0.3, -0.25) is 0 Å². The number of alkyl halides is 3. The molecule has 0 radical (unpaired) electrons. The van der Waals surface area contributed by atoms with Crippen LogP contribution < -0.4 is 15.2 Å². The second-order valence-electron chi connectivity index (χ2n) is 3.87. The molecular formula is C13H11F3N2O2. The molecule has 2 rings (SSSR count). The summed E-state index contributed by atoms with van der Waals surface area (Å²) >= 11 is 0. The van der Waals surface area contributed by atoms with Crippen LogP contribution in [-0.2, 0) is 6.18 Å². The summed E-state index contributed by atoms with van der Waals surface area (Å²) in [4.78, 5) is 3.61. The normalized spacial score (nSPS) is 11.2. The Morgan fingerprint density at radius 2 is 1.90 bits per heavy atom. The van der Waals surface area contributed by atoms with Crippen molar-refractivity contribution in [3.63, 3.8) is 0 Å². The summed E-state index contributed by atoms with van der Waals surface area (Å²) < 4.78 is 48.7. The first kappa shape index (κ1) is 14.0. The molecule has 0 atom stereocenters. The summed E-state index contributed by atoms with van der Waals surface area (Å²) in [6.07, 6.45) is -3.33. The molecule has 106 valence electrons. The predicted molar refractivity (Wildman–Crippen MR) is 66.7 cm³/mol. The van der Waals surface area contributed by atoms with Crippen LogP contribution in [-0.4, -0.2) is 12.1 Å². The highest BCUT2D eigenvalue weighted by atomic mass is 19.4. The number of ether oxygens (including phenoxy) is 2. The van der Waals surface area contributed by atoms with Crippen LogP contribution in [0.15, 0.2) is 36.5 Å². The quantitative estimate of drug-likeness (QED) is 0.877. The number of benzene rings is 1. The zero-order chi connectivity index (χ0) is 14.8. The summed E-state index contributed by atoms with van der Waals surface area (Å²) in [5, 5.41) is 0. The lowest BCUT2D eigenvalue weighted by Gasteiger charge is -2.14. The molecule has 1 heterocycles. The number of nitrogens with two attached hydrogens (primary N) is 1. The number of hydrogen-bond donors (Lipinski definition) is 1. The van der Waals surface area contributed by atoms with E-state index in [1.807, 2.05) is 0 Å². The highest BCUT2D eigenvalue weighted by Gasteiger charge is 2.35. The standard InChI is InChI=1S/C13H11F3N2O2/c1-19-11-7-8(17)4-5-10(11)20-12-9(13(14,15)16)3-2-6-18-12/h2-7H,17H2,1H3. The minimum absolute atomic E-state index is 0.103. The zero-order valence-electron chi connectivity index (χ0n) is 10.4. The van der Waals surface area contributed by atoms with Gasteiger partial charge in [-0.2, -0.15) is 13.2 Å². The Balaban J connectivity index is 2.41. The molecule has 0 bridgehead atoms. The van der Waals surface area contributed by atoms with Crippen molar-refractivity contribution in [3.05, 3.63) is 42.1 Å². The Hall–Kier alpha value is -2.44. The van der Waals surface area contributed by atoms with E-state index in [0.717, 1.165) is 6.07 Å². The molecule has 0 fully saturated rings. The van der Waals surface area contributed by atoms with Crippen molar-refractivity contribution in [2.45, 2.75) is 6.18 Å². The molecule has 0 saturated carbocycles. The van der Waals surface area contributed by atoms with E-state index in [1.54, 1.807) is 0 Å². The van der Waals surface area contributed by atoms with E-state index >= 15 is 0 Å². The maximum Gasteiger partial charge on any atom is 0.421 e. The minimum Gasteiger partial charge on any atom is -0.493 e. The Morgan fingerprint density at radius 3 is 2.55 bits per heavy atom. The number of methoxy groups -OCH3 is 1. The molecule has 1 aromatic carbocycles. The molecule has 0 aliphatic carbocycles. The molecule has 0 amide bonds. The van der Waals surface area contributed by atoms with Gasteiger partial charge in [0.25, 0.3) is 0 Å². The monoisotopic (exact) mass is 284 g/mol. The number of nitrogen functional groups attached to an aromatic ring is 1. The molecule has 0 saturated heterocycles. The van der Waals surface area contributed by atoms with E-state index in [-0.39, 0.29) is 11.5 Å². The van der Waals surface area contributed by atoms with E-state index in [9.17, 15) is 13.2 Å². The Bertz CT molecular complexity index is 615. The van der Waals surface area contributed by atoms with Gasteiger partial charge in [0.1, 0.15) is 5.56 Å². The molecule has 0 spiro atoms. The average Bonchev–Trinajstić information content (AvgIpc) is 2.40. The van der Waals surface area contributed by atoms with Gasteiger partial charge in [-0.15, -0.1) is 0 Å². The second-order valence-corrected chi connectivity index (χ2v) is 3.87. The van der Waals surface area contributed by atoms with Gasteiger partial charge >= 0.3 is 6.18 Å². The number of pyridine rings is 1. The lowest BCUT2D eigenvalue weighted by molar-refractivity contribution is -0.138. The largest absolute Gasteiger partial charge is 0.493 e. The van der Waals surface area contributed by atoms with Gasteiger partial charge in [-0.1, -0.05) is 0 Å². The van der Waals surface area contributed by atoms with Gasteiger partial charge in [0.05, 0.1) is 7.11 Å². The number of halogens is 3. The van der Waals surface area contributed by atoms with Crippen LogP contribution in [0.2, 0.25) is 0 Å². The van der Waals surface area contributed by atoms with Crippen LogP contribution in [0.25, 0.3) is 0 Å². The second kappa shape index (κ2) is 5.28. The molecule has 2 N–H and O–H groups in total. The van der Waals surface area contributed by atoms with Crippen LogP contribution in [0, 0.1) is 0 Å². The number of nitrogens with zero attached hydrogens (tertiary/aromatic N) is 1. The van der Waals surface area contributed by atoms with Crippen molar-refractivity contribution in [2.75, 3.05) is 12.8 Å². The molecule has 2 aromatic rings. The molecule has 20 heavy (non-hydrogen) atoms. The molecule has 0 aliphatic heterocycles. The lowest BCUT2D eigenvalue weighted by Crippen LogP contribution is -2.08. The molecule has 1 aromatic heterocycles. The highest BCUT2D eigenvalue weighted by molar-refractivity contribution is 5.53. The topological polar surface area (TPSA) is 57.4 Å². The third-order valence-corrected chi connectivity index (χ3v) is 2.47. The van der Waals surface area contributed by atoms with Crippen molar-refractivity contribution < 1.29 is 22.6 Å². The molecule has 4 nitrogen and oxygen atoms in total. The van der Waals surface area contributed by atoms with Crippen LogP contribution in [0.5, 0.6) is 17.4 Å². The highest BCUT2D eigenvalue weighted by Crippen LogP contribution is 2.39. The van der Waals surface area contributed by atoms with E-state index in [2.05, 4.69) is 4.98 Å². The maximum absolute atomic E-state index is 12.8. The van der Waals surface area contributed by atoms with Gasteiger partial charge in [0.2, 0.25) is 5.88 Å². The number of rotatable bonds is 3. The lowest BCUT2D eigenvalue weighted by atomic mass is 10.2. The number of hydrogen-bond acceptors (Lipinski definition) is 4. The van der Waals surface area contributed by atoms with Crippen LogP contribution in [0.3, 0.4) is 0 Å². The van der Waals surface area contributed by atoms with Gasteiger partial charge in [0, 0.05) is 18.0 Å². The van der Waals surface area contributed by atoms with Gasteiger partial charge < -0.3 is 15.2 Å². The molecule has 0 aliphatic rings. The third-order valence-electron chi connectivity index (χ3n) is 2.47. The van der Waals surface area contributed by atoms with Crippen molar-refractivity contribution in [1.29, 1.82) is 0 Å². The average molecular weight is 284 g/mol. The maximum atomic E-state index is 12.8. The number of anilines is 1. The smallest absolute Gasteiger partial charge is 0.421 e. The van der Waals surface area contributed by atoms with E-state index in [1.165, 1.54) is 37.6 Å². The Morgan fingerprint density at radius 1 is 1.15 bits per heavy atom. The van der Waals surface area contributed by atoms with E-state index in [4.69, 9.17) is 15.2 Å². The minimum atomic E-state index is -4.55. The van der Waals surface area contributed by atoms with Crippen LogP contribution in [0.4, 0.5) is 18.9 Å². The van der Waals surface area contributed by atoms with Crippen molar-refractivity contribution in [3.8, 4) is 17.4 Å². The molecule has 0 unspecified atom stereocenters. The van der Waals surface area contributed by atoms with Gasteiger partial charge in [-0.25, -0.2) is 4.98 Å². The fourth-order valence-corrected chi connectivity index (χ4v) is 1.56. The van der Waals surface area contributed by atoms with Crippen molar-refractivity contribution in [2.24, 2.45) is 0 Å². The van der Waals surface area contributed by atoms with Crippen LogP contribution in [0.1, 0.15) is 5.56 Å². The fraction of sp³-hybridized carbons (Fsp3) is 0.154. The Labute approximate surface area is 113 Å². The summed E-state index contributed by atoms with van der Waals surface area (Å²) in [5.74, 6) is -0.210. The first-order valence-electron chi connectivity index (χ1n) is 5.55. The van der Waals surface area contributed by atoms with Crippen molar-refractivity contribution >= 4 is 5.69 Å².